The second-order valence-electron chi connectivity index (χ2n) is 3.50. The number of nitrogens with one attached hydrogen (secondary N) is 1. The predicted molar refractivity (Wildman–Crippen MR) is 44.9 cm³/mol. The van der Waals surface area contributed by atoms with E-state index in [-0.39, 0.29) is 12.4 Å². The Kier molecular flexibility index (Phi) is 3.73. The van der Waals surface area contributed by atoms with Crippen molar-refractivity contribution < 1.29 is 14.3 Å². The Morgan fingerprint density at radius 1 is 1.33 bits per heavy atom. The second-order valence-corrected chi connectivity index (χ2v) is 3.50. The minimum Gasteiger partial charge on any atom is -0.442 e. The highest BCUT2D eigenvalue weighted by Gasteiger charge is 2.21. The zero-order valence-electron chi connectivity index (χ0n) is 7.93. The van der Waals surface area contributed by atoms with Gasteiger partial charge in [0.05, 0.1) is 0 Å². The molecule has 0 aliphatic carbocycles. The Hall–Kier alpha value is -1.06. The van der Waals surface area contributed by atoms with Crippen molar-refractivity contribution in [2.24, 2.45) is 5.41 Å². The number of Topliss-reactive ketones (excluding diaryl/α,β-unsaturated/α-hetero) is 1. The van der Waals surface area contributed by atoms with Crippen molar-refractivity contribution in [2.45, 2.75) is 20.8 Å². The van der Waals surface area contributed by atoms with Gasteiger partial charge in [0, 0.05) is 12.5 Å². The van der Waals surface area contributed by atoms with Gasteiger partial charge in [-0.3, -0.25) is 4.79 Å². The second kappa shape index (κ2) is 4.09. The molecule has 0 aliphatic rings. The topological polar surface area (TPSA) is 55.4 Å². The van der Waals surface area contributed by atoms with Gasteiger partial charge >= 0.3 is 6.09 Å². The molecule has 0 bridgehead atoms. The van der Waals surface area contributed by atoms with E-state index in [0.717, 1.165) is 0 Å². The summed E-state index contributed by atoms with van der Waals surface area (Å²) in [4.78, 5) is 21.7. The third-order valence-electron chi connectivity index (χ3n) is 1.37. The van der Waals surface area contributed by atoms with E-state index >= 15 is 0 Å². The highest BCUT2D eigenvalue weighted by molar-refractivity contribution is 5.86. The lowest BCUT2D eigenvalue weighted by Crippen LogP contribution is -2.29. The fourth-order valence-corrected chi connectivity index (χ4v) is 0.420. The number of hydrogen-bond acceptors (Lipinski definition) is 3. The molecule has 0 aromatic rings. The fraction of sp³-hybridized carbons (Fsp3) is 0.750. The van der Waals surface area contributed by atoms with Crippen LogP contribution in [0.15, 0.2) is 0 Å². The van der Waals surface area contributed by atoms with E-state index in [1.165, 1.54) is 7.05 Å². The van der Waals surface area contributed by atoms with E-state index in [1.807, 2.05) is 0 Å². The van der Waals surface area contributed by atoms with Gasteiger partial charge in [0.2, 0.25) is 0 Å². The number of hydrogen-bond donors (Lipinski definition) is 1. The molecule has 70 valence electrons. The zero-order valence-corrected chi connectivity index (χ0v) is 7.93. The van der Waals surface area contributed by atoms with Crippen molar-refractivity contribution in [3.63, 3.8) is 0 Å². The van der Waals surface area contributed by atoms with Crippen molar-refractivity contribution >= 4 is 11.9 Å². The monoisotopic (exact) mass is 173 g/mol. The molecule has 0 spiro atoms. The van der Waals surface area contributed by atoms with Crippen molar-refractivity contribution in [2.75, 3.05) is 13.7 Å². The quantitative estimate of drug-likeness (QED) is 0.676. The summed E-state index contributed by atoms with van der Waals surface area (Å²) in [5, 5.41) is 2.26. The van der Waals surface area contributed by atoms with Gasteiger partial charge in [0.1, 0.15) is 0 Å². The van der Waals surface area contributed by atoms with E-state index in [9.17, 15) is 9.59 Å². The van der Waals surface area contributed by atoms with Crippen LogP contribution < -0.4 is 5.32 Å². The number of rotatable bonds is 2. The maximum absolute atomic E-state index is 11.2. The molecule has 0 fully saturated rings. The van der Waals surface area contributed by atoms with Gasteiger partial charge in [-0.05, 0) is 0 Å². The van der Waals surface area contributed by atoms with Crippen LogP contribution in [0, 0.1) is 5.41 Å². The summed E-state index contributed by atoms with van der Waals surface area (Å²) in [7, 11) is 1.45. The highest BCUT2D eigenvalue weighted by atomic mass is 16.5. The summed E-state index contributed by atoms with van der Waals surface area (Å²) in [6.07, 6.45) is -0.576. The maximum atomic E-state index is 11.2. The van der Waals surface area contributed by atoms with E-state index in [4.69, 9.17) is 0 Å². The lowest BCUT2D eigenvalue weighted by atomic mass is 9.91. The molecule has 0 saturated heterocycles. The van der Waals surface area contributed by atoms with Crippen molar-refractivity contribution in [3.05, 3.63) is 0 Å². The summed E-state index contributed by atoms with van der Waals surface area (Å²) >= 11 is 0. The third-order valence-corrected chi connectivity index (χ3v) is 1.37. The molecule has 0 aromatic heterocycles. The molecule has 0 aliphatic heterocycles. The van der Waals surface area contributed by atoms with Crippen LogP contribution in [0.1, 0.15) is 20.8 Å². The summed E-state index contributed by atoms with van der Waals surface area (Å²) in [5.74, 6) is -0.0916. The number of amides is 1. The lowest BCUT2D eigenvalue weighted by Gasteiger charge is -2.15. The van der Waals surface area contributed by atoms with E-state index in [2.05, 4.69) is 10.1 Å². The molecular formula is C8H15NO3. The van der Waals surface area contributed by atoms with Crippen LogP contribution in [0.25, 0.3) is 0 Å². The number of ketones is 1. The van der Waals surface area contributed by atoms with Crippen molar-refractivity contribution in [3.8, 4) is 0 Å². The molecule has 0 radical (unpaired) electrons. The smallest absolute Gasteiger partial charge is 0.407 e. The van der Waals surface area contributed by atoms with E-state index < -0.39 is 11.5 Å². The molecule has 0 saturated carbocycles. The minimum absolute atomic E-state index is 0.0916. The third kappa shape index (κ3) is 3.95. The number of carbonyl (C=O) groups excluding carboxylic acids is 2. The van der Waals surface area contributed by atoms with Crippen LogP contribution >= 0.6 is 0 Å². The van der Waals surface area contributed by atoms with Gasteiger partial charge in [-0.15, -0.1) is 0 Å². The van der Waals surface area contributed by atoms with Gasteiger partial charge in [-0.25, -0.2) is 4.79 Å². The van der Waals surface area contributed by atoms with Crippen LogP contribution in [0.5, 0.6) is 0 Å². The minimum atomic E-state index is -0.576. The van der Waals surface area contributed by atoms with Gasteiger partial charge < -0.3 is 10.1 Å². The first-order valence-electron chi connectivity index (χ1n) is 3.75. The Morgan fingerprint density at radius 2 is 1.83 bits per heavy atom. The molecule has 4 nitrogen and oxygen atoms in total. The molecule has 0 aromatic carbocycles. The maximum Gasteiger partial charge on any atom is 0.407 e. The van der Waals surface area contributed by atoms with Gasteiger partial charge in [-0.2, -0.15) is 0 Å². The molecule has 1 N–H and O–H groups in total. The SMILES string of the molecule is CNC(=O)OCC(=O)C(C)(C)C. The molecule has 4 heteroatoms. The Labute approximate surface area is 72.3 Å². The van der Waals surface area contributed by atoms with Crippen LogP contribution in [0.3, 0.4) is 0 Å². The van der Waals surface area contributed by atoms with Crippen LogP contribution in [0.2, 0.25) is 0 Å². The first-order valence-corrected chi connectivity index (χ1v) is 3.75. The summed E-state index contributed by atoms with van der Waals surface area (Å²) in [5.41, 5.74) is -0.450. The van der Waals surface area contributed by atoms with Gasteiger partial charge in [-0.1, -0.05) is 20.8 Å². The van der Waals surface area contributed by atoms with Crippen LogP contribution in [0.4, 0.5) is 4.79 Å². The Morgan fingerprint density at radius 3 is 2.17 bits per heavy atom. The highest BCUT2D eigenvalue weighted by Crippen LogP contribution is 2.14. The van der Waals surface area contributed by atoms with Gasteiger partial charge in [0.25, 0.3) is 0 Å². The molecule has 0 unspecified atom stereocenters. The van der Waals surface area contributed by atoms with Crippen molar-refractivity contribution in [1.82, 2.24) is 5.32 Å². The van der Waals surface area contributed by atoms with Crippen molar-refractivity contribution in [1.29, 1.82) is 0 Å². The zero-order chi connectivity index (χ0) is 9.78. The van der Waals surface area contributed by atoms with Gasteiger partial charge in [0.15, 0.2) is 12.4 Å². The molecular weight excluding hydrogens is 158 g/mol. The molecule has 12 heavy (non-hydrogen) atoms. The molecule has 0 atom stereocenters. The summed E-state index contributed by atoms with van der Waals surface area (Å²) in [6, 6.07) is 0. The first-order chi connectivity index (χ1) is 5.38. The first kappa shape index (κ1) is 10.9. The van der Waals surface area contributed by atoms with E-state index in [0.29, 0.717) is 0 Å². The predicted octanol–water partition coefficient (Wildman–Crippen LogP) is 0.958. The number of alkyl carbamates (subject to hydrolysis) is 1. The average molecular weight is 173 g/mol. The standard InChI is InChI=1S/C8H15NO3/c1-8(2,3)6(10)5-12-7(11)9-4/h5H2,1-4H3,(H,9,11). The molecule has 0 rings (SSSR count). The summed E-state index contributed by atoms with van der Waals surface area (Å²) < 4.78 is 4.58. The average Bonchev–Trinajstić information content (AvgIpc) is 1.97. The Bertz CT molecular complexity index is 181. The van der Waals surface area contributed by atoms with Crippen LogP contribution in [-0.2, 0) is 9.53 Å². The largest absolute Gasteiger partial charge is 0.442 e. The lowest BCUT2D eigenvalue weighted by molar-refractivity contribution is -0.129. The fourth-order valence-electron chi connectivity index (χ4n) is 0.420. The molecule has 1 amide bonds. The number of carbonyl (C=O) groups is 2. The normalized spacial score (nSPS) is 10.7. The van der Waals surface area contributed by atoms with E-state index in [1.54, 1.807) is 20.8 Å². The van der Waals surface area contributed by atoms with Crippen LogP contribution in [-0.4, -0.2) is 25.5 Å². The Balaban J connectivity index is 3.81. The number of ether oxygens (including phenoxy) is 1. The molecule has 0 heterocycles. The summed E-state index contributed by atoms with van der Waals surface area (Å²) in [6.45, 7) is 5.18.